The predicted molar refractivity (Wildman–Crippen MR) is 163 cm³/mol. The molecule has 222 valence electrons. The number of benzene rings is 3. The Bertz CT molecular complexity index is 1290. The number of hydrogen-bond acceptors (Lipinski definition) is 7. The lowest BCUT2D eigenvalue weighted by atomic mass is 9.97. The molecule has 0 aliphatic carbocycles. The molecule has 9 nitrogen and oxygen atoms in total. The maximum absolute atomic E-state index is 13.2. The normalized spacial score (nSPS) is 22.6. The number of carbonyl (C=O) groups is 1. The van der Waals surface area contributed by atoms with E-state index in [0.29, 0.717) is 12.2 Å². The first-order valence-electron chi connectivity index (χ1n) is 14.1. The average Bonchev–Trinajstić information content (AvgIpc) is 3.00. The van der Waals surface area contributed by atoms with E-state index in [0.717, 1.165) is 10.4 Å². The van der Waals surface area contributed by atoms with Gasteiger partial charge in [-0.3, -0.25) is 0 Å². The van der Waals surface area contributed by atoms with Gasteiger partial charge in [-0.05, 0) is 40.0 Å². The molecule has 0 saturated carbocycles. The fourth-order valence-electron chi connectivity index (χ4n) is 5.66. The van der Waals surface area contributed by atoms with Gasteiger partial charge in [-0.1, -0.05) is 105 Å². The second-order valence-electron chi connectivity index (χ2n) is 11.1. The fraction of sp³-hybridized carbons (Fsp3) is 0.406. The maximum Gasteiger partial charge on any atom is 0.338 e. The number of rotatable bonds is 11. The molecule has 3 aromatic rings. The third kappa shape index (κ3) is 6.60. The summed E-state index contributed by atoms with van der Waals surface area (Å²) in [5, 5.41) is 5.90. The fourth-order valence-corrected chi connectivity index (χ4v) is 10.2. The number of methoxy groups -OCH3 is 1. The Labute approximate surface area is 248 Å². The zero-order chi connectivity index (χ0) is 30.2. The Kier molecular flexibility index (Phi) is 10.6. The molecule has 1 heterocycles. The molecule has 1 saturated heterocycles. The lowest BCUT2D eigenvalue weighted by Gasteiger charge is -2.47. The molecule has 3 unspecified atom stereocenters. The molecule has 10 heteroatoms. The van der Waals surface area contributed by atoms with Crippen LogP contribution in [-0.4, -0.2) is 65.3 Å². The quantitative estimate of drug-likeness (QED) is 0.0994. The lowest BCUT2D eigenvalue weighted by Crippen LogP contribution is -2.68. The molecule has 5 atom stereocenters. The van der Waals surface area contributed by atoms with Gasteiger partial charge in [0.15, 0.2) is 6.29 Å². The van der Waals surface area contributed by atoms with Gasteiger partial charge in [0.05, 0.1) is 12.2 Å². The summed E-state index contributed by atoms with van der Waals surface area (Å²) in [6, 6.07) is 28.2. The Morgan fingerprint density at radius 1 is 0.929 bits per heavy atom. The highest BCUT2D eigenvalue weighted by Gasteiger charge is 2.53. The smallest absolute Gasteiger partial charge is 0.338 e. The summed E-state index contributed by atoms with van der Waals surface area (Å²) >= 11 is 0. The highest BCUT2D eigenvalue weighted by atomic mass is 28.4. The molecule has 3 aromatic carbocycles. The van der Waals surface area contributed by atoms with Crippen LogP contribution in [0.1, 0.15) is 38.1 Å². The Balaban J connectivity index is 1.74. The molecule has 1 fully saturated rings. The molecule has 0 spiro atoms. The molecule has 4 rings (SSSR count). The van der Waals surface area contributed by atoms with E-state index < -0.39 is 44.9 Å². The highest BCUT2D eigenvalue weighted by molar-refractivity contribution is 6.99. The molecule has 1 aliphatic rings. The van der Waals surface area contributed by atoms with Crippen molar-refractivity contribution >= 4 is 24.7 Å². The molecule has 0 N–H and O–H groups in total. The van der Waals surface area contributed by atoms with E-state index in [4.69, 9.17) is 23.4 Å². The highest BCUT2D eigenvalue weighted by Crippen LogP contribution is 2.38. The topological polar surface area (TPSA) is 112 Å². The van der Waals surface area contributed by atoms with Crippen LogP contribution in [0, 0.1) is 0 Å². The van der Waals surface area contributed by atoms with E-state index in [9.17, 15) is 10.3 Å². The van der Waals surface area contributed by atoms with E-state index in [1.54, 1.807) is 24.3 Å². The minimum atomic E-state index is -2.92. The van der Waals surface area contributed by atoms with Crippen LogP contribution < -0.4 is 10.4 Å². The average molecular weight is 590 g/mol. The van der Waals surface area contributed by atoms with Crippen molar-refractivity contribution in [3.05, 3.63) is 107 Å². The third-order valence-electron chi connectivity index (χ3n) is 7.54. The number of hydrogen-bond donors (Lipinski definition) is 0. The van der Waals surface area contributed by atoms with Gasteiger partial charge in [-0.15, -0.1) is 0 Å². The summed E-state index contributed by atoms with van der Waals surface area (Å²) in [6.07, 6.45) is -3.47. The number of ether oxygens (including phenoxy) is 4. The monoisotopic (exact) mass is 589 g/mol. The first-order valence-corrected chi connectivity index (χ1v) is 16.0. The van der Waals surface area contributed by atoms with Crippen LogP contribution in [0.25, 0.3) is 10.4 Å². The SMILES string of the molecule is CCOC1OC(CO[Si](c2ccccc2)(c2ccccc2)C(C)(C)C)[C@H](OC)[C@H](OC(=O)c2ccccc2)C1N=[N+]=[N-]. The number of nitrogens with zero attached hydrogens (tertiary/aromatic N) is 3. The molecular weight excluding hydrogens is 550 g/mol. The van der Waals surface area contributed by atoms with Crippen molar-refractivity contribution in [1.29, 1.82) is 0 Å². The van der Waals surface area contributed by atoms with Crippen molar-refractivity contribution in [1.82, 2.24) is 0 Å². The van der Waals surface area contributed by atoms with E-state index in [1.807, 2.05) is 49.4 Å². The van der Waals surface area contributed by atoms with Gasteiger partial charge in [0.2, 0.25) is 0 Å². The summed E-state index contributed by atoms with van der Waals surface area (Å²) in [7, 11) is -1.41. The van der Waals surface area contributed by atoms with Gasteiger partial charge < -0.3 is 23.4 Å². The number of carbonyl (C=O) groups excluding carboxylic acids is 1. The molecule has 0 radical (unpaired) electrons. The first kappa shape index (κ1) is 31.4. The van der Waals surface area contributed by atoms with Crippen molar-refractivity contribution in [2.24, 2.45) is 5.11 Å². The predicted octanol–water partition coefficient (Wildman–Crippen LogP) is 5.24. The molecule has 0 aromatic heterocycles. The van der Waals surface area contributed by atoms with Crippen LogP contribution >= 0.6 is 0 Å². The van der Waals surface area contributed by atoms with Crippen LogP contribution in [0.5, 0.6) is 0 Å². The summed E-state index contributed by atoms with van der Waals surface area (Å²) in [5.41, 5.74) is 9.76. The molecule has 0 bridgehead atoms. The van der Waals surface area contributed by atoms with Crippen molar-refractivity contribution in [3.63, 3.8) is 0 Å². The van der Waals surface area contributed by atoms with Gasteiger partial charge in [0, 0.05) is 18.6 Å². The Morgan fingerprint density at radius 2 is 1.48 bits per heavy atom. The van der Waals surface area contributed by atoms with Crippen LogP contribution in [-0.2, 0) is 23.4 Å². The zero-order valence-corrected chi connectivity index (χ0v) is 25.8. The van der Waals surface area contributed by atoms with Gasteiger partial charge in [-0.2, -0.15) is 0 Å². The Hall–Kier alpha value is -3.50. The standard InChI is InChI=1S/C32H39N3O6Si/c1-6-38-31-27(34-35-33)29(41-30(36)23-16-10-7-11-17-23)28(37-5)26(40-31)22-39-42(32(2,3)4,24-18-12-8-13-19-24)25-20-14-9-15-21-25/h7-21,26-29,31H,6,22H2,1-5H3/t26?,27?,28-,29+,31?/m0/s1. The van der Waals surface area contributed by atoms with Crippen molar-refractivity contribution in [2.75, 3.05) is 20.3 Å². The van der Waals surface area contributed by atoms with E-state index in [2.05, 4.69) is 55.1 Å². The second kappa shape index (κ2) is 14.1. The summed E-state index contributed by atoms with van der Waals surface area (Å²) in [6.45, 7) is 8.82. The zero-order valence-electron chi connectivity index (χ0n) is 24.8. The Morgan fingerprint density at radius 3 is 1.95 bits per heavy atom. The molecule has 1 aliphatic heterocycles. The van der Waals surface area contributed by atoms with Crippen LogP contribution in [0.15, 0.2) is 96.1 Å². The minimum absolute atomic E-state index is 0.123. The van der Waals surface area contributed by atoms with E-state index in [1.165, 1.54) is 7.11 Å². The van der Waals surface area contributed by atoms with Crippen molar-refractivity contribution in [3.8, 4) is 0 Å². The van der Waals surface area contributed by atoms with E-state index in [-0.39, 0.29) is 11.6 Å². The molecular formula is C32H39N3O6Si. The van der Waals surface area contributed by atoms with Crippen molar-refractivity contribution < 1.29 is 28.2 Å². The first-order chi connectivity index (χ1) is 20.3. The second-order valence-corrected chi connectivity index (χ2v) is 15.4. The van der Waals surface area contributed by atoms with E-state index >= 15 is 0 Å². The van der Waals surface area contributed by atoms with Gasteiger partial charge >= 0.3 is 5.97 Å². The van der Waals surface area contributed by atoms with Crippen LogP contribution in [0.3, 0.4) is 0 Å². The number of azide groups is 1. The largest absolute Gasteiger partial charge is 0.455 e. The van der Waals surface area contributed by atoms with Gasteiger partial charge in [-0.25, -0.2) is 4.79 Å². The minimum Gasteiger partial charge on any atom is -0.455 e. The summed E-state index contributed by atoms with van der Waals surface area (Å²) in [5.74, 6) is -0.565. The van der Waals surface area contributed by atoms with Crippen molar-refractivity contribution in [2.45, 2.75) is 63.4 Å². The number of esters is 1. The van der Waals surface area contributed by atoms with Crippen LogP contribution in [0.4, 0.5) is 0 Å². The maximum atomic E-state index is 13.2. The molecule has 0 amide bonds. The lowest BCUT2D eigenvalue weighted by molar-refractivity contribution is -0.267. The third-order valence-corrected chi connectivity index (χ3v) is 12.5. The van der Waals surface area contributed by atoms with Gasteiger partial charge in [0.1, 0.15) is 24.4 Å². The summed E-state index contributed by atoms with van der Waals surface area (Å²) in [4.78, 5) is 16.2. The molecule has 42 heavy (non-hydrogen) atoms. The van der Waals surface area contributed by atoms with Crippen LogP contribution in [0.2, 0.25) is 5.04 Å². The summed E-state index contributed by atoms with van der Waals surface area (Å²) < 4.78 is 31.3. The van der Waals surface area contributed by atoms with Gasteiger partial charge in [0.25, 0.3) is 8.32 Å².